The largest absolute Gasteiger partial charge is 0.354 e. The number of piperazine rings is 1. The maximum absolute atomic E-state index is 12.6. The number of nitrogens with zero attached hydrogens (tertiary/aromatic N) is 3. The summed E-state index contributed by atoms with van der Waals surface area (Å²) in [4.78, 5) is 29.8. The van der Waals surface area contributed by atoms with E-state index in [9.17, 15) is 18.0 Å². The van der Waals surface area contributed by atoms with Gasteiger partial charge in [0.25, 0.3) is 5.91 Å². The van der Waals surface area contributed by atoms with Gasteiger partial charge in [-0.3, -0.25) is 9.59 Å². The Hall–Kier alpha value is -2.98. The van der Waals surface area contributed by atoms with E-state index in [2.05, 4.69) is 20.5 Å². The molecule has 10 heteroatoms. The molecule has 0 bridgehead atoms. The molecule has 1 aliphatic rings. The minimum Gasteiger partial charge on any atom is -0.354 e. The number of sulfonamides is 1. The Morgan fingerprint density at radius 2 is 1.83 bits per heavy atom. The van der Waals surface area contributed by atoms with Gasteiger partial charge in [-0.1, -0.05) is 12.1 Å². The highest BCUT2D eigenvalue weighted by Gasteiger charge is 2.27. The first-order valence-corrected chi connectivity index (χ1v) is 11.3. The number of amides is 2. The number of carbonyl (C=O) groups is 2. The van der Waals surface area contributed by atoms with Gasteiger partial charge in [0.15, 0.2) is 0 Å². The third kappa shape index (κ3) is 5.77. The second-order valence-electron chi connectivity index (χ2n) is 6.91. The molecule has 160 valence electrons. The molecular formula is C20H25N5O4S. The molecule has 0 saturated carbocycles. The molecule has 0 unspecified atom stereocenters. The minimum absolute atomic E-state index is 0.00594. The second kappa shape index (κ2) is 9.68. The van der Waals surface area contributed by atoms with Crippen molar-refractivity contribution in [2.24, 2.45) is 0 Å². The van der Waals surface area contributed by atoms with Gasteiger partial charge in [-0.05, 0) is 30.3 Å². The van der Waals surface area contributed by atoms with Crippen LogP contribution in [0, 0.1) is 0 Å². The summed E-state index contributed by atoms with van der Waals surface area (Å²) in [5.74, 6) is 0.0377. The van der Waals surface area contributed by atoms with Crippen molar-refractivity contribution in [3.63, 3.8) is 0 Å². The zero-order valence-electron chi connectivity index (χ0n) is 16.7. The lowest BCUT2D eigenvalue weighted by molar-refractivity contribution is -0.114. The van der Waals surface area contributed by atoms with Gasteiger partial charge < -0.3 is 15.5 Å². The minimum atomic E-state index is -3.48. The summed E-state index contributed by atoms with van der Waals surface area (Å²) in [5, 5.41) is 5.24. The van der Waals surface area contributed by atoms with E-state index in [1.165, 1.54) is 11.2 Å². The molecule has 0 atom stereocenters. The Morgan fingerprint density at radius 3 is 2.50 bits per heavy atom. The van der Waals surface area contributed by atoms with Crippen molar-refractivity contribution in [1.82, 2.24) is 14.6 Å². The van der Waals surface area contributed by atoms with Gasteiger partial charge in [0.1, 0.15) is 5.82 Å². The van der Waals surface area contributed by atoms with Crippen molar-refractivity contribution < 1.29 is 18.0 Å². The maximum atomic E-state index is 12.6. The average Bonchev–Trinajstić information content (AvgIpc) is 2.74. The normalized spacial score (nSPS) is 14.9. The highest BCUT2D eigenvalue weighted by Crippen LogP contribution is 2.15. The first-order valence-electron chi connectivity index (χ1n) is 9.65. The van der Waals surface area contributed by atoms with Crippen molar-refractivity contribution in [1.29, 1.82) is 0 Å². The van der Waals surface area contributed by atoms with Crippen LogP contribution in [0.15, 0.2) is 48.7 Å². The maximum Gasteiger partial charge on any atom is 0.251 e. The monoisotopic (exact) mass is 431 g/mol. The second-order valence-corrected chi connectivity index (χ2v) is 9.00. The van der Waals surface area contributed by atoms with Crippen LogP contribution in [-0.2, 0) is 14.8 Å². The quantitative estimate of drug-likeness (QED) is 0.674. The Balaban J connectivity index is 1.48. The molecule has 2 N–H and O–H groups in total. The van der Waals surface area contributed by atoms with Crippen molar-refractivity contribution >= 4 is 33.3 Å². The number of carbonyl (C=O) groups excluding carboxylic acids is 2. The van der Waals surface area contributed by atoms with Crippen LogP contribution in [0.5, 0.6) is 0 Å². The third-order valence-electron chi connectivity index (χ3n) is 4.70. The van der Waals surface area contributed by atoms with E-state index >= 15 is 0 Å². The SMILES string of the molecule is CC(=O)Nc1cccc(C(=O)NCCS(=O)(=O)N2CCN(c3ccccn3)CC2)c1. The molecule has 9 nitrogen and oxygen atoms in total. The molecule has 2 amide bonds. The van der Waals surface area contributed by atoms with Crippen LogP contribution in [0.25, 0.3) is 0 Å². The highest BCUT2D eigenvalue weighted by atomic mass is 32.2. The van der Waals surface area contributed by atoms with Crippen molar-refractivity contribution in [3.8, 4) is 0 Å². The summed E-state index contributed by atoms with van der Waals surface area (Å²) in [6, 6.07) is 12.1. The van der Waals surface area contributed by atoms with Crippen LogP contribution >= 0.6 is 0 Å². The highest BCUT2D eigenvalue weighted by molar-refractivity contribution is 7.89. The summed E-state index contributed by atoms with van der Waals surface area (Å²) < 4.78 is 26.7. The number of pyridine rings is 1. The number of aromatic nitrogens is 1. The van der Waals surface area contributed by atoms with Gasteiger partial charge >= 0.3 is 0 Å². The molecule has 1 aromatic heterocycles. The summed E-state index contributed by atoms with van der Waals surface area (Å²) >= 11 is 0. The fraction of sp³-hybridized carbons (Fsp3) is 0.350. The topological polar surface area (TPSA) is 112 Å². The van der Waals surface area contributed by atoms with Crippen LogP contribution in [0.3, 0.4) is 0 Å². The standard InChI is InChI=1S/C20H25N5O4S/c1-16(26)23-18-6-4-5-17(15-18)20(27)22-9-14-30(28,29)25-12-10-24(11-13-25)19-7-2-3-8-21-19/h2-8,15H,9-14H2,1H3,(H,22,27)(H,23,26). The van der Waals surface area contributed by atoms with E-state index < -0.39 is 15.9 Å². The molecule has 1 aromatic carbocycles. The van der Waals surface area contributed by atoms with E-state index in [0.717, 1.165) is 5.82 Å². The smallest absolute Gasteiger partial charge is 0.251 e. The fourth-order valence-corrected chi connectivity index (χ4v) is 4.54. The van der Waals surface area contributed by atoms with Gasteiger partial charge in [-0.25, -0.2) is 13.4 Å². The van der Waals surface area contributed by atoms with Crippen LogP contribution in [0.2, 0.25) is 0 Å². The molecule has 2 heterocycles. The van der Waals surface area contributed by atoms with Gasteiger partial charge in [0.2, 0.25) is 15.9 Å². The fourth-order valence-electron chi connectivity index (χ4n) is 3.20. The summed E-state index contributed by atoms with van der Waals surface area (Å²) in [5.41, 5.74) is 0.858. The molecule has 2 aromatic rings. The number of nitrogens with one attached hydrogen (secondary N) is 2. The number of benzene rings is 1. The van der Waals surface area contributed by atoms with E-state index in [0.29, 0.717) is 37.4 Å². The predicted octanol–water partition coefficient (Wildman–Crippen LogP) is 0.922. The van der Waals surface area contributed by atoms with E-state index in [1.54, 1.807) is 30.5 Å². The van der Waals surface area contributed by atoms with Crippen molar-refractivity contribution in [2.45, 2.75) is 6.92 Å². The number of rotatable bonds is 7. The van der Waals surface area contributed by atoms with Crippen LogP contribution < -0.4 is 15.5 Å². The Kier molecular flexibility index (Phi) is 7.01. The first kappa shape index (κ1) is 21.7. The predicted molar refractivity (Wildman–Crippen MR) is 115 cm³/mol. The molecule has 1 aliphatic heterocycles. The molecule has 3 rings (SSSR count). The molecule has 1 saturated heterocycles. The van der Waals surface area contributed by atoms with Gasteiger partial charge in [-0.2, -0.15) is 4.31 Å². The van der Waals surface area contributed by atoms with Crippen molar-refractivity contribution in [2.75, 3.05) is 48.7 Å². The lowest BCUT2D eigenvalue weighted by atomic mass is 10.2. The molecule has 0 radical (unpaired) electrons. The Bertz CT molecular complexity index is 989. The zero-order chi connectivity index (χ0) is 21.6. The Morgan fingerprint density at radius 1 is 1.07 bits per heavy atom. The number of hydrogen-bond donors (Lipinski definition) is 2. The number of hydrogen-bond acceptors (Lipinski definition) is 6. The Labute approximate surface area is 176 Å². The van der Waals surface area contributed by atoms with E-state index in [4.69, 9.17) is 0 Å². The average molecular weight is 432 g/mol. The van der Waals surface area contributed by atoms with Gasteiger partial charge in [0.05, 0.1) is 5.75 Å². The van der Waals surface area contributed by atoms with Gasteiger partial charge in [-0.15, -0.1) is 0 Å². The van der Waals surface area contributed by atoms with Crippen LogP contribution in [0.1, 0.15) is 17.3 Å². The third-order valence-corrected chi connectivity index (χ3v) is 6.57. The summed E-state index contributed by atoms with van der Waals surface area (Å²) in [6.07, 6.45) is 1.72. The van der Waals surface area contributed by atoms with Crippen molar-refractivity contribution in [3.05, 3.63) is 54.2 Å². The summed E-state index contributed by atoms with van der Waals surface area (Å²) in [7, 11) is -3.48. The number of anilines is 2. The molecular weight excluding hydrogens is 406 g/mol. The molecule has 1 fully saturated rings. The van der Waals surface area contributed by atoms with Gasteiger partial charge in [0, 0.05) is 57.1 Å². The van der Waals surface area contributed by atoms with E-state index in [1.807, 2.05) is 18.2 Å². The molecule has 0 aliphatic carbocycles. The van der Waals surface area contributed by atoms with Crippen LogP contribution in [-0.4, -0.2) is 68.0 Å². The molecule has 30 heavy (non-hydrogen) atoms. The lowest BCUT2D eigenvalue weighted by Crippen LogP contribution is -2.50. The summed E-state index contributed by atoms with van der Waals surface area (Å²) in [6.45, 7) is 3.29. The van der Waals surface area contributed by atoms with E-state index in [-0.39, 0.29) is 18.2 Å². The molecule has 0 spiro atoms. The first-order chi connectivity index (χ1) is 14.3. The van der Waals surface area contributed by atoms with Crippen LogP contribution in [0.4, 0.5) is 11.5 Å². The zero-order valence-corrected chi connectivity index (χ0v) is 17.6. The lowest BCUT2D eigenvalue weighted by Gasteiger charge is -2.34.